The van der Waals surface area contributed by atoms with Crippen LogP contribution in [0.25, 0.3) is 11.0 Å². The molecule has 2 aromatic rings. The summed E-state index contributed by atoms with van der Waals surface area (Å²) in [6.45, 7) is 10.8. The smallest absolute Gasteiger partial charge is 0.254 e. The van der Waals surface area contributed by atoms with Crippen molar-refractivity contribution in [2.45, 2.75) is 46.0 Å². The average Bonchev–Trinajstić information content (AvgIpc) is 3.58. The molecule has 2 fully saturated rings. The zero-order valence-corrected chi connectivity index (χ0v) is 19.2. The van der Waals surface area contributed by atoms with Crippen LogP contribution in [-0.4, -0.2) is 87.1 Å². The van der Waals surface area contributed by atoms with E-state index in [1.54, 1.807) is 4.68 Å². The number of amides is 2. The Hall–Kier alpha value is -2.48. The van der Waals surface area contributed by atoms with Gasteiger partial charge in [0.1, 0.15) is 0 Å². The second-order valence-electron chi connectivity index (χ2n) is 8.76. The van der Waals surface area contributed by atoms with Crippen LogP contribution in [0.4, 0.5) is 0 Å². The fourth-order valence-electron chi connectivity index (χ4n) is 4.59. The number of aryl methyl sites for hydroxylation is 2. The quantitative estimate of drug-likeness (QED) is 0.708. The number of likely N-dealkylation sites (N-methyl/N-ethyl adjacent to an activating group) is 1. The highest BCUT2D eigenvalue weighted by molar-refractivity contribution is 6.06. The van der Waals surface area contributed by atoms with Crippen LogP contribution < -0.4 is 0 Å². The second-order valence-corrected chi connectivity index (χ2v) is 8.76. The van der Waals surface area contributed by atoms with Crippen LogP contribution in [0.3, 0.4) is 0 Å². The fraction of sp³-hybridized carbons (Fsp3) is 0.652. The first-order valence-electron chi connectivity index (χ1n) is 11.6. The molecular weight excluding hydrogens is 392 g/mol. The molecule has 0 spiro atoms. The maximum absolute atomic E-state index is 13.6. The van der Waals surface area contributed by atoms with E-state index in [1.807, 2.05) is 43.7 Å². The summed E-state index contributed by atoms with van der Waals surface area (Å²) in [5, 5.41) is 5.40. The monoisotopic (exact) mass is 426 g/mol. The number of carbonyl (C=O) groups is 2. The number of carbonyl (C=O) groups excluding carboxylic acids is 2. The normalized spacial score (nSPS) is 17.7. The molecule has 4 rings (SSSR count). The predicted molar refractivity (Wildman–Crippen MR) is 120 cm³/mol. The summed E-state index contributed by atoms with van der Waals surface area (Å²) < 4.78 is 1.79. The van der Waals surface area contributed by atoms with E-state index in [2.05, 4.69) is 10.00 Å². The minimum Gasteiger partial charge on any atom is -0.342 e. The number of hydrogen-bond acceptors (Lipinski definition) is 5. The summed E-state index contributed by atoms with van der Waals surface area (Å²) >= 11 is 0. The molecule has 2 amide bonds. The van der Waals surface area contributed by atoms with Crippen molar-refractivity contribution in [1.29, 1.82) is 0 Å². The number of hydrogen-bond donors (Lipinski definition) is 0. The van der Waals surface area contributed by atoms with Crippen molar-refractivity contribution in [3.8, 4) is 0 Å². The number of fused-ring (bicyclic) bond motifs is 1. The van der Waals surface area contributed by atoms with Crippen molar-refractivity contribution >= 4 is 22.8 Å². The predicted octanol–water partition coefficient (Wildman–Crippen LogP) is 2.17. The van der Waals surface area contributed by atoms with Gasteiger partial charge in [-0.25, -0.2) is 4.98 Å². The van der Waals surface area contributed by atoms with Crippen molar-refractivity contribution in [3.63, 3.8) is 0 Å². The molecule has 0 aromatic carbocycles. The molecule has 168 valence electrons. The van der Waals surface area contributed by atoms with Gasteiger partial charge in [0.15, 0.2) is 5.65 Å². The lowest BCUT2D eigenvalue weighted by atomic mass is 10.1. The minimum atomic E-state index is 0.0577. The van der Waals surface area contributed by atoms with Crippen molar-refractivity contribution in [2.24, 2.45) is 7.05 Å². The molecule has 1 aliphatic heterocycles. The van der Waals surface area contributed by atoms with E-state index in [9.17, 15) is 9.59 Å². The van der Waals surface area contributed by atoms with Crippen LogP contribution in [0.2, 0.25) is 0 Å². The Kier molecular flexibility index (Phi) is 6.27. The van der Waals surface area contributed by atoms with Gasteiger partial charge in [-0.3, -0.25) is 19.2 Å². The molecule has 31 heavy (non-hydrogen) atoms. The maximum Gasteiger partial charge on any atom is 0.254 e. The molecule has 0 radical (unpaired) electrons. The first kappa shape index (κ1) is 21.7. The van der Waals surface area contributed by atoms with Crippen LogP contribution in [0.15, 0.2) is 6.07 Å². The van der Waals surface area contributed by atoms with Crippen LogP contribution in [0, 0.1) is 6.92 Å². The molecule has 8 nitrogen and oxygen atoms in total. The molecule has 0 N–H and O–H groups in total. The summed E-state index contributed by atoms with van der Waals surface area (Å²) in [7, 11) is 1.89. The average molecular weight is 427 g/mol. The molecule has 0 atom stereocenters. The highest BCUT2D eigenvalue weighted by atomic mass is 16.2. The molecule has 3 heterocycles. The van der Waals surface area contributed by atoms with Crippen LogP contribution >= 0.6 is 0 Å². The van der Waals surface area contributed by atoms with E-state index in [0.29, 0.717) is 32.1 Å². The van der Waals surface area contributed by atoms with Gasteiger partial charge >= 0.3 is 0 Å². The first-order valence-corrected chi connectivity index (χ1v) is 11.6. The van der Waals surface area contributed by atoms with E-state index in [1.165, 1.54) is 0 Å². The van der Waals surface area contributed by atoms with Crippen LogP contribution in [0.5, 0.6) is 0 Å². The molecule has 0 bridgehead atoms. The first-order chi connectivity index (χ1) is 14.9. The SMILES string of the molecule is CCN(CC)C(=O)CN1CCCN(C(=O)c2cc(C3CC3)nc3c2c(C)nn3C)CC1. The van der Waals surface area contributed by atoms with Gasteiger partial charge in [0.05, 0.1) is 23.2 Å². The minimum absolute atomic E-state index is 0.0577. The highest BCUT2D eigenvalue weighted by Crippen LogP contribution is 2.40. The van der Waals surface area contributed by atoms with Gasteiger partial charge in [0.2, 0.25) is 5.91 Å². The van der Waals surface area contributed by atoms with E-state index in [4.69, 9.17) is 4.98 Å². The third kappa shape index (κ3) is 4.44. The molecule has 2 aromatic heterocycles. The fourth-order valence-corrected chi connectivity index (χ4v) is 4.59. The highest BCUT2D eigenvalue weighted by Gasteiger charge is 2.30. The Bertz CT molecular complexity index is 976. The van der Waals surface area contributed by atoms with Gasteiger partial charge in [0, 0.05) is 57.9 Å². The molecule has 1 aliphatic carbocycles. The Morgan fingerprint density at radius 2 is 1.87 bits per heavy atom. The third-order valence-electron chi connectivity index (χ3n) is 6.57. The Labute approximate surface area is 184 Å². The number of rotatable bonds is 6. The summed E-state index contributed by atoms with van der Waals surface area (Å²) in [5.74, 6) is 0.694. The standard InChI is InChI=1S/C23H34N6O2/c1-5-28(6-2)20(30)15-27-10-7-11-29(13-12-27)23(31)18-14-19(17-8-9-17)24-22-21(18)16(3)25-26(22)4/h14,17H,5-13,15H2,1-4H3. The maximum atomic E-state index is 13.6. The molecular formula is C23H34N6O2. The van der Waals surface area contributed by atoms with Crippen LogP contribution in [0.1, 0.15) is 60.8 Å². The second kappa shape index (κ2) is 8.94. The molecule has 0 unspecified atom stereocenters. The lowest BCUT2D eigenvalue weighted by Gasteiger charge is -2.25. The number of pyridine rings is 1. The van der Waals surface area contributed by atoms with E-state index < -0.39 is 0 Å². The third-order valence-corrected chi connectivity index (χ3v) is 6.57. The van der Waals surface area contributed by atoms with Gasteiger partial charge < -0.3 is 9.80 Å². The number of aromatic nitrogens is 3. The van der Waals surface area contributed by atoms with Crippen molar-refractivity contribution in [1.82, 2.24) is 29.5 Å². The lowest BCUT2D eigenvalue weighted by molar-refractivity contribution is -0.132. The number of nitrogens with zero attached hydrogens (tertiary/aromatic N) is 6. The van der Waals surface area contributed by atoms with Crippen molar-refractivity contribution < 1.29 is 9.59 Å². The summed E-state index contributed by atoms with van der Waals surface area (Å²) in [6, 6.07) is 2.00. The van der Waals surface area contributed by atoms with Gasteiger partial charge in [-0.05, 0) is 46.1 Å². The van der Waals surface area contributed by atoms with Gasteiger partial charge in [-0.15, -0.1) is 0 Å². The molecule has 1 saturated carbocycles. The molecule has 8 heteroatoms. The summed E-state index contributed by atoms with van der Waals surface area (Å²) in [6.07, 6.45) is 3.15. The Morgan fingerprint density at radius 1 is 1.13 bits per heavy atom. The van der Waals surface area contributed by atoms with E-state index >= 15 is 0 Å². The van der Waals surface area contributed by atoms with Gasteiger partial charge in [-0.2, -0.15) is 5.10 Å². The zero-order valence-electron chi connectivity index (χ0n) is 19.2. The largest absolute Gasteiger partial charge is 0.342 e. The lowest BCUT2D eigenvalue weighted by Crippen LogP contribution is -2.42. The van der Waals surface area contributed by atoms with E-state index in [0.717, 1.165) is 66.9 Å². The zero-order chi connectivity index (χ0) is 22.1. The molecule has 1 saturated heterocycles. The Balaban J connectivity index is 1.52. The van der Waals surface area contributed by atoms with Gasteiger partial charge in [0.25, 0.3) is 5.91 Å². The van der Waals surface area contributed by atoms with Crippen molar-refractivity contribution in [2.75, 3.05) is 45.8 Å². The van der Waals surface area contributed by atoms with Gasteiger partial charge in [-0.1, -0.05) is 0 Å². The topological polar surface area (TPSA) is 74.6 Å². The van der Waals surface area contributed by atoms with Crippen molar-refractivity contribution in [3.05, 3.63) is 23.0 Å². The Morgan fingerprint density at radius 3 is 2.55 bits per heavy atom. The summed E-state index contributed by atoms with van der Waals surface area (Å²) in [5.41, 5.74) is 3.38. The summed E-state index contributed by atoms with van der Waals surface area (Å²) in [4.78, 5) is 36.9. The van der Waals surface area contributed by atoms with E-state index in [-0.39, 0.29) is 11.8 Å². The molecule has 2 aliphatic rings. The van der Waals surface area contributed by atoms with Crippen LogP contribution in [-0.2, 0) is 11.8 Å².